The summed E-state index contributed by atoms with van der Waals surface area (Å²) < 4.78 is 11.5. The molecule has 6 heteroatoms. The highest BCUT2D eigenvalue weighted by atomic mass is 16.6. The Morgan fingerprint density at radius 1 is 0.921 bits per heavy atom. The first-order valence-corrected chi connectivity index (χ1v) is 13.3. The number of alkyl carbamates (subject to hydrolysis) is 1. The molecule has 3 aromatic rings. The third kappa shape index (κ3) is 8.65. The fourth-order valence-electron chi connectivity index (χ4n) is 4.40. The van der Waals surface area contributed by atoms with Gasteiger partial charge in [-0.25, -0.2) is 4.79 Å². The van der Waals surface area contributed by atoms with Crippen molar-refractivity contribution in [3.8, 4) is 16.9 Å². The molecule has 0 bridgehead atoms. The quantitative estimate of drug-likeness (QED) is 0.289. The number of carboxylic acid groups (broad SMARTS) is 1. The lowest BCUT2D eigenvalue weighted by molar-refractivity contribution is -0.136. The van der Waals surface area contributed by atoms with Gasteiger partial charge in [0.25, 0.3) is 0 Å². The number of para-hydroxylation sites is 1. The van der Waals surface area contributed by atoms with E-state index in [1.807, 2.05) is 51.1 Å². The van der Waals surface area contributed by atoms with Crippen LogP contribution >= 0.6 is 0 Å². The molecule has 0 aromatic heterocycles. The van der Waals surface area contributed by atoms with Crippen LogP contribution in [0.3, 0.4) is 0 Å². The molecule has 1 aliphatic carbocycles. The molecule has 0 saturated heterocycles. The molecule has 0 radical (unpaired) electrons. The minimum atomic E-state index is -0.883. The number of carboxylic acids is 1. The molecular weight excluding hydrogens is 478 g/mol. The van der Waals surface area contributed by atoms with Gasteiger partial charge in [-0.2, -0.15) is 0 Å². The standard InChI is InChI=1S/C32H37NO5/c1-32(2,3)38-31(36)33-20-24-7-6-9-26(17-24)28-16-23(14-13-22-11-12-22)15-25(18-28)21-37-29-10-5-4-8-27(29)19-30(34)35/h4-10,15-18,22H,11-14,19-21H2,1-3H3,(H,33,36)(H,34,35). The number of rotatable bonds is 11. The van der Waals surface area contributed by atoms with E-state index in [-0.39, 0.29) is 6.42 Å². The summed E-state index contributed by atoms with van der Waals surface area (Å²) in [5.74, 6) is 0.546. The van der Waals surface area contributed by atoms with E-state index in [0.29, 0.717) is 24.5 Å². The van der Waals surface area contributed by atoms with Crippen LogP contribution in [0.4, 0.5) is 4.79 Å². The van der Waals surface area contributed by atoms with Crippen molar-refractivity contribution in [2.45, 2.75) is 71.6 Å². The molecule has 1 saturated carbocycles. The molecule has 0 spiro atoms. The van der Waals surface area contributed by atoms with E-state index >= 15 is 0 Å². The van der Waals surface area contributed by atoms with Gasteiger partial charge in [0.1, 0.15) is 18.0 Å². The maximum absolute atomic E-state index is 12.1. The number of aryl methyl sites for hydroxylation is 1. The predicted molar refractivity (Wildman–Crippen MR) is 148 cm³/mol. The molecule has 6 nitrogen and oxygen atoms in total. The largest absolute Gasteiger partial charge is 0.489 e. The highest BCUT2D eigenvalue weighted by Gasteiger charge is 2.21. The Labute approximate surface area is 225 Å². The van der Waals surface area contributed by atoms with Crippen LogP contribution in [0.1, 0.15) is 62.3 Å². The normalized spacial score (nSPS) is 13.1. The van der Waals surface area contributed by atoms with Gasteiger partial charge in [0.2, 0.25) is 0 Å². The molecule has 2 N–H and O–H groups in total. The fraction of sp³-hybridized carbons (Fsp3) is 0.375. The summed E-state index contributed by atoms with van der Waals surface area (Å²) in [5, 5.41) is 12.1. The van der Waals surface area contributed by atoms with Crippen LogP contribution in [0, 0.1) is 5.92 Å². The number of ether oxygens (including phenoxy) is 2. The average molecular weight is 516 g/mol. The Kier molecular flexibility index (Phi) is 8.72. The number of nitrogens with one attached hydrogen (secondary N) is 1. The van der Waals surface area contributed by atoms with Gasteiger partial charge < -0.3 is 19.9 Å². The van der Waals surface area contributed by atoms with Crippen molar-refractivity contribution in [1.29, 1.82) is 0 Å². The SMILES string of the molecule is CC(C)(C)OC(=O)NCc1cccc(-c2cc(CCC3CC3)cc(COc3ccccc3CC(=O)O)c2)c1. The molecule has 1 fully saturated rings. The van der Waals surface area contributed by atoms with Gasteiger partial charge in [0.05, 0.1) is 6.42 Å². The number of aliphatic carboxylic acids is 1. The Balaban J connectivity index is 1.52. The van der Waals surface area contributed by atoms with E-state index in [2.05, 4.69) is 35.6 Å². The van der Waals surface area contributed by atoms with Crippen LogP contribution in [-0.4, -0.2) is 22.8 Å². The van der Waals surface area contributed by atoms with E-state index < -0.39 is 17.7 Å². The van der Waals surface area contributed by atoms with Crippen molar-refractivity contribution in [2.75, 3.05) is 0 Å². The highest BCUT2D eigenvalue weighted by Crippen LogP contribution is 2.34. The molecule has 0 heterocycles. The number of carbonyl (C=O) groups excluding carboxylic acids is 1. The van der Waals surface area contributed by atoms with Crippen LogP contribution in [-0.2, 0) is 35.5 Å². The molecule has 200 valence electrons. The summed E-state index contributed by atoms with van der Waals surface area (Å²) in [5.41, 5.74) is 5.57. The first-order valence-electron chi connectivity index (χ1n) is 13.3. The molecule has 38 heavy (non-hydrogen) atoms. The van der Waals surface area contributed by atoms with E-state index in [1.54, 1.807) is 6.07 Å². The summed E-state index contributed by atoms with van der Waals surface area (Å²) in [6.45, 7) is 6.25. The summed E-state index contributed by atoms with van der Waals surface area (Å²) in [4.78, 5) is 23.4. The third-order valence-electron chi connectivity index (χ3n) is 6.40. The minimum Gasteiger partial charge on any atom is -0.489 e. The molecule has 4 rings (SSSR count). The third-order valence-corrected chi connectivity index (χ3v) is 6.40. The Bertz CT molecular complexity index is 1270. The lowest BCUT2D eigenvalue weighted by Crippen LogP contribution is -2.32. The van der Waals surface area contributed by atoms with Gasteiger partial charge in [-0.1, -0.05) is 61.4 Å². The van der Waals surface area contributed by atoms with Crippen molar-refractivity contribution in [3.05, 3.63) is 89.0 Å². The van der Waals surface area contributed by atoms with Gasteiger partial charge in [-0.3, -0.25) is 4.79 Å². The number of carbonyl (C=O) groups is 2. The zero-order valence-corrected chi connectivity index (χ0v) is 22.5. The molecule has 0 unspecified atom stereocenters. The Morgan fingerprint density at radius 2 is 1.66 bits per heavy atom. The van der Waals surface area contributed by atoms with Crippen LogP contribution in [0.25, 0.3) is 11.1 Å². The van der Waals surface area contributed by atoms with E-state index in [1.165, 1.54) is 24.8 Å². The van der Waals surface area contributed by atoms with Crippen LogP contribution in [0.5, 0.6) is 5.75 Å². The second-order valence-electron chi connectivity index (χ2n) is 11.0. The maximum Gasteiger partial charge on any atom is 0.407 e. The van der Waals surface area contributed by atoms with Crippen LogP contribution < -0.4 is 10.1 Å². The average Bonchev–Trinajstić information content (AvgIpc) is 3.69. The smallest absolute Gasteiger partial charge is 0.407 e. The number of amides is 1. The predicted octanol–water partition coefficient (Wildman–Crippen LogP) is 6.93. The molecule has 1 amide bonds. The first-order chi connectivity index (χ1) is 18.1. The van der Waals surface area contributed by atoms with Crippen molar-refractivity contribution in [3.63, 3.8) is 0 Å². The monoisotopic (exact) mass is 515 g/mol. The second kappa shape index (κ2) is 12.2. The van der Waals surface area contributed by atoms with Crippen molar-refractivity contribution in [2.24, 2.45) is 5.92 Å². The summed E-state index contributed by atoms with van der Waals surface area (Å²) in [6.07, 6.45) is 4.33. The van der Waals surface area contributed by atoms with Gasteiger partial charge in [0.15, 0.2) is 0 Å². The summed E-state index contributed by atoms with van der Waals surface area (Å²) in [7, 11) is 0. The Morgan fingerprint density at radius 3 is 2.39 bits per heavy atom. The topological polar surface area (TPSA) is 84.9 Å². The first kappa shape index (κ1) is 27.2. The number of benzene rings is 3. The second-order valence-corrected chi connectivity index (χ2v) is 11.0. The maximum atomic E-state index is 12.1. The van der Waals surface area contributed by atoms with Crippen LogP contribution in [0.2, 0.25) is 0 Å². The molecule has 0 aliphatic heterocycles. The van der Waals surface area contributed by atoms with Gasteiger partial charge in [-0.15, -0.1) is 0 Å². The molecule has 0 atom stereocenters. The lowest BCUT2D eigenvalue weighted by atomic mass is 9.96. The van der Waals surface area contributed by atoms with Crippen molar-refractivity contribution < 1.29 is 24.2 Å². The van der Waals surface area contributed by atoms with E-state index in [0.717, 1.165) is 34.6 Å². The van der Waals surface area contributed by atoms with Gasteiger partial charge in [0, 0.05) is 12.1 Å². The zero-order valence-electron chi connectivity index (χ0n) is 22.5. The number of hydrogen-bond acceptors (Lipinski definition) is 4. The molecule has 3 aromatic carbocycles. The Hall–Kier alpha value is -3.80. The summed E-state index contributed by atoms with van der Waals surface area (Å²) in [6, 6.07) is 22.0. The van der Waals surface area contributed by atoms with Gasteiger partial charge in [-0.05, 0) is 85.5 Å². The van der Waals surface area contributed by atoms with Crippen molar-refractivity contribution in [1.82, 2.24) is 5.32 Å². The van der Waals surface area contributed by atoms with E-state index in [4.69, 9.17) is 9.47 Å². The molecule has 1 aliphatic rings. The molecular formula is C32H37NO5. The van der Waals surface area contributed by atoms with Crippen LogP contribution in [0.15, 0.2) is 66.7 Å². The minimum absolute atomic E-state index is 0.0764. The lowest BCUT2D eigenvalue weighted by Gasteiger charge is -2.19. The van der Waals surface area contributed by atoms with E-state index in [9.17, 15) is 14.7 Å². The van der Waals surface area contributed by atoms with Crippen molar-refractivity contribution >= 4 is 12.1 Å². The summed E-state index contributed by atoms with van der Waals surface area (Å²) >= 11 is 0. The highest BCUT2D eigenvalue weighted by molar-refractivity contribution is 5.71. The van der Waals surface area contributed by atoms with Gasteiger partial charge >= 0.3 is 12.1 Å². The zero-order chi connectivity index (χ0) is 27.1. The fourth-order valence-corrected chi connectivity index (χ4v) is 4.40. The number of hydrogen-bond donors (Lipinski definition) is 2.